The van der Waals surface area contributed by atoms with E-state index in [9.17, 15) is 9.59 Å². The summed E-state index contributed by atoms with van der Waals surface area (Å²) in [6.07, 6.45) is 0. The van der Waals surface area contributed by atoms with Crippen molar-refractivity contribution in [2.45, 2.75) is 0 Å². The number of carbonyl (C=O) groups excluding carboxylic acids is 2. The number of hydrogen-bond donors (Lipinski definition) is 0. The predicted octanol–water partition coefficient (Wildman–Crippen LogP) is -0.379. The van der Waals surface area contributed by atoms with Gasteiger partial charge < -0.3 is 0 Å². The second-order valence-corrected chi connectivity index (χ2v) is 12.1. The summed E-state index contributed by atoms with van der Waals surface area (Å²) in [4.78, 5) is 21.7. The molecule has 1 heterocycles. The summed E-state index contributed by atoms with van der Waals surface area (Å²) in [5, 5.41) is 0. The Morgan fingerprint density at radius 3 is 1.83 bits per heavy atom. The first kappa shape index (κ1) is 11.3. The van der Waals surface area contributed by atoms with Crippen molar-refractivity contribution >= 4 is 70.2 Å². The summed E-state index contributed by atoms with van der Waals surface area (Å²) in [7, 11) is 2.87. The van der Waals surface area contributed by atoms with Crippen molar-refractivity contribution in [2.75, 3.05) is 11.5 Å². The van der Waals surface area contributed by atoms with Gasteiger partial charge in [-0.2, -0.15) is 0 Å². The average Bonchev–Trinajstić information content (AvgIpc) is 2.06. The molecule has 0 unspecified atom stereocenters. The molecule has 1 aliphatic rings. The third-order valence-corrected chi connectivity index (χ3v) is 9.19. The van der Waals surface area contributed by atoms with E-state index < -0.39 is 40.3 Å². The Bertz CT molecular complexity index is 152. The van der Waals surface area contributed by atoms with Crippen LogP contribution in [-0.2, 0) is 15.7 Å². The SMILES string of the molecule is O=C1C[S][Sn][O]C(=O)C[S][Sn][O]1. The fourth-order valence-corrected chi connectivity index (χ4v) is 7.80. The first-order chi connectivity index (χ1) is 5.79. The van der Waals surface area contributed by atoms with E-state index in [-0.39, 0.29) is 11.9 Å². The molecule has 1 fully saturated rings. The molecule has 0 bridgehead atoms. The van der Waals surface area contributed by atoms with Crippen LogP contribution in [0.1, 0.15) is 0 Å². The predicted molar refractivity (Wildman–Crippen MR) is 48.6 cm³/mol. The van der Waals surface area contributed by atoms with Crippen LogP contribution in [-0.4, -0.2) is 63.8 Å². The molecule has 4 nitrogen and oxygen atoms in total. The van der Waals surface area contributed by atoms with E-state index in [1.807, 2.05) is 0 Å². The van der Waals surface area contributed by atoms with E-state index >= 15 is 0 Å². The molecule has 0 spiro atoms. The summed E-state index contributed by atoms with van der Waals surface area (Å²) in [6.45, 7) is 0. The molecule has 8 heteroatoms. The molecule has 0 atom stereocenters. The van der Waals surface area contributed by atoms with Gasteiger partial charge in [0.25, 0.3) is 0 Å². The van der Waals surface area contributed by atoms with Crippen LogP contribution < -0.4 is 0 Å². The molecule has 0 aromatic heterocycles. The molecule has 0 aliphatic carbocycles. The fourth-order valence-electron chi connectivity index (χ4n) is 0.388. The van der Waals surface area contributed by atoms with Gasteiger partial charge >= 0.3 is 97.4 Å². The van der Waals surface area contributed by atoms with Crippen LogP contribution in [0.2, 0.25) is 0 Å². The number of carbonyl (C=O) groups is 2. The van der Waals surface area contributed by atoms with Crippen molar-refractivity contribution in [2.24, 2.45) is 0 Å². The Morgan fingerprint density at radius 2 is 1.42 bits per heavy atom. The van der Waals surface area contributed by atoms with Crippen molar-refractivity contribution in [3.8, 4) is 0 Å². The van der Waals surface area contributed by atoms with Crippen molar-refractivity contribution in [3.05, 3.63) is 0 Å². The summed E-state index contributed by atoms with van der Waals surface area (Å²) >= 11 is -2.30. The molecule has 12 heavy (non-hydrogen) atoms. The van der Waals surface area contributed by atoms with Crippen LogP contribution in [0.4, 0.5) is 0 Å². The van der Waals surface area contributed by atoms with Gasteiger partial charge in [-0.25, -0.2) is 0 Å². The molecular weight excluding hydrogens is 414 g/mol. The van der Waals surface area contributed by atoms with Crippen molar-refractivity contribution in [1.29, 1.82) is 0 Å². The maximum atomic E-state index is 10.9. The van der Waals surface area contributed by atoms with E-state index in [0.717, 1.165) is 0 Å². The standard InChI is InChI=1S/2C2H4O2S.2Sn/c2*3-2(4)1-5;;/h2*5H,1H2,(H,3,4);;/q;;2*+2/p-4. The van der Waals surface area contributed by atoms with Gasteiger partial charge in [-0.3, -0.25) is 0 Å². The van der Waals surface area contributed by atoms with E-state index in [4.69, 9.17) is 6.15 Å². The van der Waals surface area contributed by atoms with E-state index in [2.05, 4.69) is 0 Å². The first-order valence-corrected chi connectivity index (χ1v) is 14.2. The molecule has 1 aliphatic heterocycles. The van der Waals surface area contributed by atoms with Gasteiger partial charge in [0.2, 0.25) is 0 Å². The normalized spacial score (nSPS) is 21.0. The Balaban J connectivity index is 2.29. The summed E-state index contributed by atoms with van der Waals surface area (Å²) < 4.78 is 9.92. The molecule has 64 valence electrons. The molecule has 0 aromatic carbocycles. The molecular formula is C4H4O4S2Sn2. The van der Waals surface area contributed by atoms with E-state index in [1.54, 1.807) is 0 Å². The zero-order valence-electron chi connectivity index (χ0n) is 5.86. The van der Waals surface area contributed by atoms with Gasteiger partial charge in [0.05, 0.1) is 0 Å². The Kier molecular flexibility index (Phi) is 6.27. The van der Waals surface area contributed by atoms with Crippen LogP contribution in [0.5, 0.6) is 0 Å². The quantitative estimate of drug-likeness (QED) is 0.501. The van der Waals surface area contributed by atoms with E-state index in [1.165, 1.54) is 17.9 Å². The molecule has 0 amide bonds. The second kappa shape index (κ2) is 6.66. The van der Waals surface area contributed by atoms with Gasteiger partial charge in [-0.15, -0.1) is 0 Å². The van der Waals surface area contributed by atoms with Crippen LogP contribution in [0.25, 0.3) is 0 Å². The van der Waals surface area contributed by atoms with Crippen molar-refractivity contribution < 1.29 is 15.7 Å². The molecule has 0 aromatic rings. The minimum atomic E-state index is -1.15. The van der Waals surface area contributed by atoms with Crippen LogP contribution in [0.15, 0.2) is 0 Å². The van der Waals surface area contributed by atoms with E-state index in [0.29, 0.717) is 11.5 Å². The molecule has 0 N–H and O–H groups in total. The fraction of sp³-hybridized carbons (Fsp3) is 0.500. The van der Waals surface area contributed by atoms with Gasteiger partial charge in [0, 0.05) is 0 Å². The zero-order chi connectivity index (χ0) is 8.81. The van der Waals surface area contributed by atoms with Gasteiger partial charge in [0.1, 0.15) is 0 Å². The maximum absolute atomic E-state index is 10.9. The Hall–Kier alpha value is 1.24. The van der Waals surface area contributed by atoms with Crippen molar-refractivity contribution in [3.63, 3.8) is 0 Å². The molecule has 1 rings (SSSR count). The topological polar surface area (TPSA) is 52.6 Å². The van der Waals surface area contributed by atoms with Crippen molar-refractivity contribution in [1.82, 2.24) is 0 Å². The number of rotatable bonds is 0. The summed E-state index contributed by atoms with van der Waals surface area (Å²) in [6, 6.07) is 0. The Morgan fingerprint density at radius 1 is 1.00 bits per heavy atom. The molecule has 4 radical (unpaired) electrons. The van der Waals surface area contributed by atoms with Crippen LogP contribution in [0.3, 0.4) is 0 Å². The van der Waals surface area contributed by atoms with Gasteiger partial charge in [-0.05, 0) is 0 Å². The second-order valence-electron chi connectivity index (χ2n) is 1.69. The monoisotopic (exact) mass is 420 g/mol. The average molecular weight is 418 g/mol. The molecule has 0 saturated carbocycles. The third-order valence-electron chi connectivity index (χ3n) is 0.809. The summed E-state index contributed by atoms with van der Waals surface area (Å²) in [5.74, 6) is 0.442. The third kappa shape index (κ3) is 5.07. The first-order valence-electron chi connectivity index (χ1n) is 2.92. The molecule has 1 saturated heterocycles. The van der Waals surface area contributed by atoms with Gasteiger partial charge in [-0.1, -0.05) is 0 Å². The zero-order valence-corrected chi connectivity index (χ0v) is 13.2. The number of hydrogen-bond acceptors (Lipinski definition) is 6. The van der Waals surface area contributed by atoms with Crippen LogP contribution in [0, 0.1) is 0 Å². The van der Waals surface area contributed by atoms with Gasteiger partial charge in [0.15, 0.2) is 0 Å². The summed E-state index contributed by atoms with van der Waals surface area (Å²) in [5.41, 5.74) is 0. The Labute approximate surface area is 96.3 Å². The van der Waals surface area contributed by atoms with Crippen LogP contribution >= 0.6 is 17.9 Å². The minimum absolute atomic E-state index is 0.141.